The van der Waals surface area contributed by atoms with Gasteiger partial charge in [0.15, 0.2) is 5.82 Å². The first-order valence-corrected chi connectivity index (χ1v) is 5.48. The average molecular weight is 246 g/mol. The first-order valence-electron chi connectivity index (χ1n) is 5.48. The lowest BCUT2D eigenvalue weighted by Gasteiger charge is -2.02. The van der Waals surface area contributed by atoms with Crippen molar-refractivity contribution in [2.45, 2.75) is 13.8 Å². The molecule has 0 atom stereocenters. The molecule has 1 aromatic carbocycles. The molecule has 2 rings (SSSR count). The summed E-state index contributed by atoms with van der Waals surface area (Å²) in [5.41, 5.74) is 2.81. The van der Waals surface area contributed by atoms with Crippen LogP contribution in [0.1, 0.15) is 21.6 Å². The number of hydrogen-bond acceptors (Lipinski definition) is 4. The van der Waals surface area contributed by atoms with Gasteiger partial charge in [-0.3, -0.25) is 0 Å². The van der Waals surface area contributed by atoms with Crippen LogP contribution in [0.15, 0.2) is 18.2 Å². The second kappa shape index (κ2) is 4.48. The van der Waals surface area contributed by atoms with E-state index in [4.69, 9.17) is 5.11 Å². The molecule has 1 aromatic heterocycles. The number of rotatable bonds is 3. The Labute approximate surface area is 104 Å². The van der Waals surface area contributed by atoms with Gasteiger partial charge >= 0.3 is 5.97 Å². The van der Waals surface area contributed by atoms with Crippen LogP contribution in [0.2, 0.25) is 0 Å². The van der Waals surface area contributed by atoms with E-state index in [1.807, 2.05) is 32.0 Å². The first-order chi connectivity index (χ1) is 8.51. The molecule has 0 saturated carbocycles. The molecule has 1 heterocycles. The number of aromatic carboxylic acids is 1. The predicted octanol–water partition coefficient (Wildman–Crippen LogP) is 1.62. The third kappa shape index (κ3) is 2.17. The highest BCUT2D eigenvalue weighted by Gasteiger charge is 2.17. The van der Waals surface area contributed by atoms with E-state index in [0.29, 0.717) is 0 Å². The smallest absolute Gasteiger partial charge is 0.360 e. The lowest BCUT2D eigenvalue weighted by Crippen LogP contribution is -2.03. The van der Waals surface area contributed by atoms with E-state index >= 15 is 0 Å². The van der Waals surface area contributed by atoms with Crippen LogP contribution in [0.3, 0.4) is 0 Å². The van der Waals surface area contributed by atoms with E-state index in [1.165, 1.54) is 4.80 Å². The van der Waals surface area contributed by atoms with Crippen molar-refractivity contribution in [3.63, 3.8) is 0 Å². The fraction of sp³-hybridized carbons (Fsp3) is 0.250. The number of benzene rings is 1. The maximum atomic E-state index is 11.0. The van der Waals surface area contributed by atoms with E-state index in [2.05, 4.69) is 15.5 Å². The lowest BCUT2D eigenvalue weighted by molar-refractivity contribution is 0.0691. The van der Waals surface area contributed by atoms with E-state index < -0.39 is 5.97 Å². The molecule has 0 amide bonds. The predicted molar refractivity (Wildman–Crippen MR) is 67.3 cm³/mol. The topological polar surface area (TPSA) is 80.0 Å². The van der Waals surface area contributed by atoms with Gasteiger partial charge < -0.3 is 10.4 Å². The second-order valence-corrected chi connectivity index (χ2v) is 4.09. The van der Waals surface area contributed by atoms with Gasteiger partial charge in [-0.25, -0.2) is 4.79 Å². The molecule has 0 aliphatic heterocycles. The Balaban J connectivity index is 2.54. The summed E-state index contributed by atoms with van der Waals surface area (Å²) < 4.78 is 0. The molecule has 18 heavy (non-hydrogen) atoms. The van der Waals surface area contributed by atoms with Gasteiger partial charge in [-0.15, -0.1) is 15.0 Å². The molecule has 0 aliphatic rings. The molecule has 0 aliphatic carbocycles. The van der Waals surface area contributed by atoms with Crippen LogP contribution in [0, 0.1) is 13.8 Å². The summed E-state index contributed by atoms with van der Waals surface area (Å²) >= 11 is 0. The number of nitrogens with zero attached hydrogens (tertiary/aromatic N) is 3. The minimum atomic E-state index is -1.10. The van der Waals surface area contributed by atoms with Crippen molar-refractivity contribution in [1.82, 2.24) is 15.0 Å². The highest BCUT2D eigenvalue weighted by molar-refractivity contribution is 5.90. The Bertz CT molecular complexity index is 584. The highest BCUT2D eigenvalue weighted by Crippen LogP contribution is 2.15. The number of aromatic nitrogens is 3. The summed E-state index contributed by atoms with van der Waals surface area (Å²) in [7, 11) is 1.61. The van der Waals surface area contributed by atoms with Crippen LogP contribution < -0.4 is 5.32 Å². The van der Waals surface area contributed by atoms with Crippen molar-refractivity contribution in [2.24, 2.45) is 0 Å². The zero-order valence-electron chi connectivity index (χ0n) is 10.4. The van der Waals surface area contributed by atoms with Gasteiger partial charge in [-0.1, -0.05) is 6.07 Å². The summed E-state index contributed by atoms with van der Waals surface area (Å²) in [5, 5.41) is 19.8. The summed E-state index contributed by atoms with van der Waals surface area (Å²) in [6.07, 6.45) is 0. The lowest BCUT2D eigenvalue weighted by atomic mass is 10.1. The van der Waals surface area contributed by atoms with Crippen LogP contribution in [0.4, 0.5) is 5.82 Å². The van der Waals surface area contributed by atoms with Gasteiger partial charge in [0.1, 0.15) is 0 Å². The van der Waals surface area contributed by atoms with Crippen LogP contribution >= 0.6 is 0 Å². The number of anilines is 1. The monoisotopic (exact) mass is 246 g/mol. The van der Waals surface area contributed by atoms with Gasteiger partial charge in [0, 0.05) is 7.05 Å². The minimum Gasteiger partial charge on any atom is -0.476 e. The summed E-state index contributed by atoms with van der Waals surface area (Å²) in [6, 6.07) is 5.83. The largest absolute Gasteiger partial charge is 0.476 e. The maximum Gasteiger partial charge on any atom is 0.360 e. The summed E-state index contributed by atoms with van der Waals surface area (Å²) in [6.45, 7) is 3.94. The van der Waals surface area contributed by atoms with Crippen molar-refractivity contribution in [3.8, 4) is 5.69 Å². The third-order valence-electron chi connectivity index (χ3n) is 2.49. The number of hydrogen-bond donors (Lipinski definition) is 2. The molecule has 0 bridgehead atoms. The van der Waals surface area contributed by atoms with Crippen molar-refractivity contribution in [1.29, 1.82) is 0 Å². The van der Waals surface area contributed by atoms with E-state index in [9.17, 15) is 4.79 Å². The molecule has 6 heteroatoms. The number of nitrogens with one attached hydrogen (secondary N) is 1. The normalized spacial score (nSPS) is 10.4. The summed E-state index contributed by atoms with van der Waals surface area (Å²) in [4.78, 5) is 12.3. The van der Waals surface area contributed by atoms with Crippen LogP contribution in [-0.2, 0) is 0 Å². The fourth-order valence-corrected chi connectivity index (χ4v) is 1.80. The quantitative estimate of drug-likeness (QED) is 0.860. The minimum absolute atomic E-state index is 0.0864. The van der Waals surface area contributed by atoms with Crippen LogP contribution in [-0.4, -0.2) is 33.1 Å². The molecule has 94 valence electrons. The van der Waals surface area contributed by atoms with E-state index in [0.717, 1.165) is 16.8 Å². The Morgan fingerprint density at radius 1 is 1.22 bits per heavy atom. The van der Waals surface area contributed by atoms with Gasteiger partial charge in [-0.05, 0) is 37.1 Å². The zero-order valence-corrected chi connectivity index (χ0v) is 10.4. The number of carboxylic acid groups (broad SMARTS) is 1. The molecule has 0 unspecified atom stereocenters. The standard InChI is InChI=1S/C12H14N4O2/c1-7-4-8(2)6-9(5-7)16-14-10(12(17)18)11(13-3)15-16/h4-6H,1-3H3,(H,13,15)(H,17,18). The van der Waals surface area contributed by atoms with Gasteiger partial charge in [0.05, 0.1) is 5.69 Å². The van der Waals surface area contributed by atoms with Crippen LogP contribution in [0.25, 0.3) is 5.69 Å². The SMILES string of the molecule is CNc1nn(-c2cc(C)cc(C)c2)nc1C(=O)O. The highest BCUT2D eigenvalue weighted by atomic mass is 16.4. The Morgan fingerprint density at radius 3 is 2.28 bits per heavy atom. The average Bonchev–Trinajstić information content (AvgIpc) is 2.71. The van der Waals surface area contributed by atoms with Crippen LogP contribution in [0.5, 0.6) is 0 Å². The number of aryl methyl sites for hydroxylation is 2. The van der Waals surface area contributed by atoms with Gasteiger partial charge in [-0.2, -0.15) is 0 Å². The van der Waals surface area contributed by atoms with Gasteiger partial charge in [0.25, 0.3) is 0 Å². The fourth-order valence-electron chi connectivity index (χ4n) is 1.80. The molecular formula is C12H14N4O2. The second-order valence-electron chi connectivity index (χ2n) is 4.09. The Kier molecular flexibility index (Phi) is 3.01. The first kappa shape index (κ1) is 12.1. The molecule has 0 spiro atoms. The Hall–Kier alpha value is -2.37. The number of carbonyl (C=O) groups is 1. The van der Waals surface area contributed by atoms with Crippen molar-refractivity contribution >= 4 is 11.8 Å². The summed E-state index contributed by atoms with van der Waals surface area (Å²) in [5.74, 6) is -0.850. The third-order valence-corrected chi connectivity index (χ3v) is 2.49. The van der Waals surface area contributed by atoms with Gasteiger partial charge in [0.2, 0.25) is 5.69 Å². The molecular weight excluding hydrogens is 232 g/mol. The molecule has 0 radical (unpaired) electrons. The molecule has 0 saturated heterocycles. The van der Waals surface area contributed by atoms with E-state index in [1.54, 1.807) is 7.05 Å². The van der Waals surface area contributed by atoms with Crippen molar-refractivity contribution in [3.05, 3.63) is 35.0 Å². The zero-order chi connectivity index (χ0) is 13.3. The molecule has 6 nitrogen and oxygen atoms in total. The molecule has 2 aromatic rings. The van der Waals surface area contributed by atoms with Crippen molar-refractivity contribution < 1.29 is 9.90 Å². The van der Waals surface area contributed by atoms with E-state index in [-0.39, 0.29) is 11.5 Å². The maximum absolute atomic E-state index is 11.0. The molecule has 0 fully saturated rings. The van der Waals surface area contributed by atoms with Crippen molar-refractivity contribution in [2.75, 3.05) is 12.4 Å². The molecule has 2 N–H and O–H groups in total. The Morgan fingerprint density at radius 2 is 1.83 bits per heavy atom. The number of carboxylic acids is 1.